The first-order valence-electron chi connectivity index (χ1n) is 3.93. The molecule has 2 aromatic rings. The smallest absolute Gasteiger partial charge is 0.352 e. The molecule has 0 aliphatic rings. The Morgan fingerprint density at radius 2 is 2.36 bits per heavy atom. The van der Waals surface area contributed by atoms with Gasteiger partial charge in [0.2, 0.25) is 5.95 Å². The summed E-state index contributed by atoms with van der Waals surface area (Å²) in [6.45, 7) is 0.312. The average molecular weight is 192 g/mol. The van der Waals surface area contributed by atoms with Gasteiger partial charge in [0.1, 0.15) is 12.2 Å². The van der Waals surface area contributed by atoms with Crippen LogP contribution in [0.15, 0.2) is 23.5 Å². The summed E-state index contributed by atoms with van der Waals surface area (Å²) in [5.41, 5.74) is 4.81. The minimum atomic E-state index is -0.436. The fourth-order valence-electron chi connectivity index (χ4n) is 1.02. The quantitative estimate of drug-likeness (QED) is 0.634. The van der Waals surface area contributed by atoms with E-state index in [1.54, 1.807) is 12.4 Å². The Balaban J connectivity index is 2.30. The van der Waals surface area contributed by atoms with Crippen molar-refractivity contribution in [2.75, 3.05) is 5.73 Å². The minimum Gasteiger partial charge on any atom is -0.368 e. The third kappa shape index (κ3) is 1.60. The highest BCUT2D eigenvalue weighted by Crippen LogP contribution is 1.91. The van der Waals surface area contributed by atoms with Crippen LogP contribution < -0.4 is 11.4 Å². The van der Waals surface area contributed by atoms with E-state index in [2.05, 4.69) is 19.9 Å². The first-order valence-corrected chi connectivity index (χ1v) is 3.93. The number of nitrogens with one attached hydrogen (secondary N) is 1. The Hall–Kier alpha value is -2.18. The molecule has 7 heteroatoms. The number of H-pyrrole nitrogens is 1. The zero-order chi connectivity index (χ0) is 9.97. The van der Waals surface area contributed by atoms with Gasteiger partial charge in [0, 0.05) is 12.4 Å². The fourth-order valence-corrected chi connectivity index (χ4v) is 1.02. The standard InChI is InChI=1S/C7H8N6O/c8-6-11-4-13(7(14)12-6)3-5-9-1-2-10-5/h1-2,4H,3H2,(H,9,10)(H2,8,12,14). The third-order valence-corrected chi connectivity index (χ3v) is 1.66. The number of nitrogens with two attached hydrogens (primary N) is 1. The van der Waals surface area contributed by atoms with E-state index in [4.69, 9.17) is 5.73 Å². The predicted molar refractivity (Wildman–Crippen MR) is 48.4 cm³/mol. The second kappa shape index (κ2) is 3.29. The second-order valence-electron chi connectivity index (χ2n) is 2.66. The van der Waals surface area contributed by atoms with Crippen LogP contribution in [-0.4, -0.2) is 24.5 Å². The van der Waals surface area contributed by atoms with Gasteiger partial charge in [-0.3, -0.25) is 4.57 Å². The largest absolute Gasteiger partial charge is 0.368 e. The van der Waals surface area contributed by atoms with Gasteiger partial charge in [-0.2, -0.15) is 4.98 Å². The molecule has 0 saturated heterocycles. The molecule has 3 N–H and O–H groups in total. The highest BCUT2D eigenvalue weighted by atomic mass is 16.1. The second-order valence-corrected chi connectivity index (χ2v) is 2.66. The van der Waals surface area contributed by atoms with Crippen LogP contribution in [0.25, 0.3) is 0 Å². The molecule has 0 saturated carbocycles. The molecular formula is C7H8N6O. The first kappa shape index (κ1) is 8.42. The Morgan fingerprint density at radius 1 is 1.50 bits per heavy atom. The first-order chi connectivity index (χ1) is 6.75. The fraction of sp³-hybridized carbons (Fsp3) is 0.143. The Kier molecular flexibility index (Phi) is 1.98. The third-order valence-electron chi connectivity index (χ3n) is 1.66. The van der Waals surface area contributed by atoms with Gasteiger partial charge < -0.3 is 10.7 Å². The number of imidazole rings is 1. The zero-order valence-corrected chi connectivity index (χ0v) is 7.21. The van der Waals surface area contributed by atoms with Gasteiger partial charge in [0.25, 0.3) is 0 Å². The van der Waals surface area contributed by atoms with E-state index >= 15 is 0 Å². The summed E-state index contributed by atoms with van der Waals surface area (Å²) in [7, 11) is 0. The van der Waals surface area contributed by atoms with Crippen LogP contribution in [0.1, 0.15) is 5.82 Å². The molecule has 0 bridgehead atoms. The van der Waals surface area contributed by atoms with Crippen molar-refractivity contribution in [2.24, 2.45) is 0 Å². The molecule has 0 aromatic carbocycles. The van der Waals surface area contributed by atoms with Crippen molar-refractivity contribution in [1.82, 2.24) is 24.5 Å². The maximum atomic E-state index is 11.3. The van der Waals surface area contributed by atoms with Gasteiger partial charge in [-0.05, 0) is 0 Å². The minimum absolute atomic E-state index is 0.0225. The molecular weight excluding hydrogens is 184 g/mol. The summed E-state index contributed by atoms with van der Waals surface area (Å²) < 4.78 is 1.31. The van der Waals surface area contributed by atoms with E-state index in [9.17, 15) is 4.79 Å². The molecule has 14 heavy (non-hydrogen) atoms. The van der Waals surface area contributed by atoms with E-state index < -0.39 is 5.69 Å². The number of hydrogen-bond donors (Lipinski definition) is 2. The van der Waals surface area contributed by atoms with Gasteiger partial charge >= 0.3 is 5.69 Å². The van der Waals surface area contributed by atoms with Crippen LogP contribution in [0.5, 0.6) is 0 Å². The lowest BCUT2D eigenvalue weighted by Gasteiger charge is -2.00. The molecule has 72 valence electrons. The lowest BCUT2D eigenvalue weighted by Crippen LogP contribution is -2.25. The number of aromatic nitrogens is 5. The Labute approximate surface area is 78.7 Å². The van der Waals surface area contributed by atoms with Gasteiger partial charge in [0.15, 0.2) is 0 Å². The molecule has 0 fully saturated rings. The van der Waals surface area contributed by atoms with Gasteiger partial charge in [0.05, 0.1) is 6.54 Å². The number of hydrogen-bond acceptors (Lipinski definition) is 5. The molecule has 7 nitrogen and oxygen atoms in total. The van der Waals surface area contributed by atoms with Crippen LogP contribution in [0, 0.1) is 0 Å². The maximum absolute atomic E-state index is 11.3. The number of rotatable bonds is 2. The van der Waals surface area contributed by atoms with E-state index in [0.717, 1.165) is 0 Å². The molecule has 2 aromatic heterocycles. The predicted octanol–water partition coefficient (Wildman–Crippen LogP) is -1.01. The summed E-state index contributed by atoms with van der Waals surface area (Å²) in [5.74, 6) is 0.645. The van der Waals surface area contributed by atoms with Crippen LogP contribution in [0.3, 0.4) is 0 Å². The molecule has 2 rings (SSSR count). The molecule has 0 atom stereocenters. The van der Waals surface area contributed by atoms with Crippen molar-refractivity contribution >= 4 is 5.95 Å². The van der Waals surface area contributed by atoms with Crippen molar-refractivity contribution in [3.63, 3.8) is 0 Å². The molecule has 0 aliphatic carbocycles. The molecule has 0 spiro atoms. The SMILES string of the molecule is Nc1ncn(Cc2ncc[nH]2)c(=O)n1. The molecule has 0 aliphatic heterocycles. The van der Waals surface area contributed by atoms with E-state index in [-0.39, 0.29) is 5.95 Å². The van der Waals surface area contributed by atoms with Crippen molar-refractivity contribution < 1.29 is 0 Å². The van der Waals surface area contributed by atoms with Crippen molar-refractivity contribution in [1.29, 1.82) is 0 Å². The van der Waals surface area contributed by atoms with Crippen LogP contribution in [0.4, 0.5) is 5.95 Å². The average Bonchev–Trinajstić information content (AvgIpc) is 2.62. The van der Waals surface area contributed by atoms with Gasteiger partial charge in [-0.1, -0.05) is 0 Å². The number of aromatic amines is 1. The van der Waals surface area contributed by atoms with Crippen LogP contribution in [0.2, 0.25) is 0 Å². The normalized spacial score (nSPS) is 10.3. The molecule has 0 radical (unpaired) electrons. The Bertz CT molecular complexity index is 473. The summed E-state index contributed by atoms with van der Waals surface area (Å²) in [6, 6.07) is 0. The van der Waals surface area contributed by atoms with Crippen molar-refractivity contribution in [3.8, 4) is 0 Å². The summed E-state index contributed by atoms with van der Waals surface area (Å²) in [6.07, 6.45) is 4.63. The van der Waals surface area contributed by atoms with Crippen molar-refractivity contribution in [3.05, 3.63) is 35.0 Å². The highest BCUT2D eigenvalue weighted by molar-refractivity contribution is 5.09. The molecule has 0 unspecified atom stereocenters. The lowest BCUT2D eigenvalue weighted by molar-refractivity contribution is 0.679. The topological polar surface area (TPSA) is 102 Å². The van der Waals surface area contributed by atoms with Gasteiger partial charge in [-0.15, -0.1) is 0 Å². The van der Waals surface area contributed by atoms with Gasteiger partial charge in [-0.25, -0.2) is 14.8 Å². The molecule has 2 heterocycles. The summed E-state index contributed by atoms with van der Waals surface area (Å²) >= 11 is 0. The summed E-state index contributed by atoms with van der Waals surface area (Å²) in [4.78, 5) is 25.3. The van der Waals surface area contributed by atoms with Crippen molar-refractivity contribution in [2.45, 2.75) is 6.54 Å². The zero-order valence-electron chi connectivity index (χ0n) is 7.21. The molecule has 0 amide bonds. The van der Waals surface area contributed by atoms with E-state index in [0.29, 0.717) is 12.4 Å². The van der Waals surface area contributed by atoms with Crippen LogP contribution >= 0.6 is 0 Å². The van der Waals surface area contributed by atoms with E-state index in [1.165, 1.54) is 10.9 Å². The van der Waals surface area contributed by atoms with Crippen LogP contribution in [-0.2, 0) is 6.54 Å². The summed E-state index contributed by atoms with van der Waals surface area (Å²) in [5, 5.41) is 0. The highest BCUT2D eigenvalue weighted by Gasteiger charge is 2.01. The lowest BCUT2D eigenvalue weighted by atomic mass is 10.6. The monoisotopic (exact) mass is 192 g/mol. The Morgan fingerprint density at radius 3 is 3.00 bits per heavy atom. The maximum Gasteiger partial charge on any atom is 0.352 e. The van der Waals surface area contributed by atoms with E-state index in [1.807, 2.05) is 0 Å². The number of anilines is 1. The number of nitrogens with zero attached hydrogens (tertiary/aromatic N) is 4. The number of nitrogen functional groups attached to an aromatic ring is 1.